The second-order valence-corrected chi connectivity index (χ2v) is 6.26. The number of nitrogens with one attached hydrogen (secondary N) is 2. The lowest BCUT2D eigenvalue weighted by atomic mass is 10.2. The average Bonchev–Trinajstić information content (AvgIpc) is 2.54. The number of amides is 2. The fraction of sp³-hybridized carbons (Fsp3) is 0.0667. The van der Waals surface area contributed by atoms with Gasteiger partial charge in [-0.15, -0.1) is 11.8 Å². The molecule has 0 unspecified atom stereocenters. The molecule has 0 radical (unpaired) electrons. The molecule has 0 saturated carbocycles. The van der Waals surface area contributed by atoms with Gasteiger partial charge in [0.2, 0.25) is 5.91 Å². The Labute approximate surface area is 146 Å². The molecule has 0 bridgehead atoms. The molecule has 120 valence electrons. The van der Waals surface area contributed by atoms with E-state index in [4.69, 9.17) is 23.2 Å². The summed E-state index contributed by atoms with van der Waals surface area (Å²) in [4.78, 5) is 24.3. The summed E-state index contributed by atoms with van der Waals surface area (Å²) in [6, 6.07) is 10.2. The normalized spacial score (nSPS) is 10.2. The Morgan fingerprint density at radius 2 is 1.74 bits per heavy atom. The summed E-state index contributed by atoms with van der Waals surface area (Å²) in [5.41, 5.74) is 4.69. The minimum atomic E-state index is -0.572. The minimum absolute atomic E-state index is 0.0647. The molecule has 0 aliphatic heterocycles. The zero-order chi connectivity index (χ0) is 16.8. The summed E-state index contributed by atoms with van der Waals surface area (Å²) in [5.74, 6) is -1.26. The molecule has 0 spiro atoms. The maximum absolute atomic E-state index is 12.8. The summed E-state index contributed by atoms with van der Waals surface area (Å²) in [6.07, 6.45) is 0. The first-order chi connectivity index (χ1) is 11.0. The number of hydrogen-bond acceptors (Lipinski definition) is 3. The van der Waals surface area contributed by atoms with E-state index >= 15 is 0 Å². The van der Waals surface area contributed by atoms with Gasteiger partial charge < -0.3 is 0 Å². The van der Waals surface area contributed by atoms with E-state index in [2.05, 4.69) is 10.9 Å². The van der Waals surface area contributed by atoms with E-state index in [1.54, 1.807) is 18.2 Å². The molecule has 23 heavy (non-hydrogen) atoms. The molecule has 0 aromatic heterocycles. The molecule has 0 atom stereocenters. The van der Waals surface area contributed by atoms with Crippen LogP contribution in [0.15, 0.2) is 47.4 Å². The maximum Gasteiger partial charge on any atom is 0.271 e. The lowest BCUT2D eigenvalue weighted by Gasteiger charge is -2.08. The smallest absolute Gasteiger partial charge is 0.271 e. The van der Waals surface area contributed by atoms with Gasteiger partial charge in [-0.1, -0.05) is 23.2 Å². The summed E-state index contributed by atoms with van der Waals surface area (Å²) >= 11 is 12.9. The van der Waals surface area contributed by atoms with Crippen molar-refractivity contribution in [2.45, 2.75) is 4.90 Å². The van der Waals surface area contributed by atoms with Gasteiger partial charge in [0.25, 0.3) is 5.91 Å². The van der Waals surface area contributed by atoms with E-state index in [1.165, 1.54) is 36.0 Å². The summed E-state index contributed by atoms with van der Waals surface area (Å²) in [7, 11) is 0. The topological polar surface area (TPSA) is 58.2 Å². The second-order valence-electron chi connectivity index (χ2n) is 4.37. The molecule has 0 fully saturated rings. The Balaban J connectivity index is 1.83. The van der Waals surface area contributed by atoms with Crippen molar-refractivity contribution < 1.29 is 14.0 Å². The molecular formula is C15H11Cl2FN2O2S. The van der Waals surface area contributed by atoms with E-state index in [0.29, 0.717) is 5.02 Å². The van der Waals surface area contributed by atoms with E-state index in [-0.39, 0.29) is 22.2 Å². The number of benzene rings is 2. The third-order valence-corrected chi connectivity index (χ3v) is 4.25. The van der Waals surface area contributed by atoms with Crippen LogP contribution in [0.25, 0.3) is 0 Å². The highest BCUT2D eigenvalue weighted by atomic mass is 35.5. The lowest BCUT2D eigenvalue weighted by molar-refractivity contribution is -0.119. The highest BCUT2D eigenvalue weighted by Gasteiger charge is 2.12. The highest BCUT2D eigenvalue weighted by molar-refractivity contribution is 8.00. The summed E-state index contributed by atoms with van der Waals surface area (Å²) in [5, 5.41) is 0.583. The average molecular weight is 373 g/mol. The molecule has 0 aliphatic rings. The third-order valence-electron chi connectivity index (χ3n) is 2.67. The van der Waals surface area contributed by atoms with Gasteiger partial charge in [0.05, 0.1) is 16.3 Å². The Morgan fingerprint density at radius 1 is 1.04 bits per heavy atom. The van der Waals surface area contributed by atoms with Crippen LogP contribution in [0.5, 0.6) is 0 Å². The van der Waals surface area contributed by atoms with Crippen LogP contribution in [-0.4, -0.2) is 17.6 Å². The minimum Gasteiger partial charge on any atom is -0.272 e. The van der Waals surface area contributed by atoms with E-state index in [0.717, 1.165) is 4.90 Å². The fourth-order valence-electron chi connectivity index (χ4n) is 1.58. The zero-order valence-corrected chi connectivity index (χ0v) is 13.9. The molecule has 0 saturated heterocycles. The third kappa shape index (κ3) is 5.42. The molecule has 0 heterocycles. The van der Waals surface area contributed by atoms with Crippen molar-refractivity contribution in [3.8, 4) is 0 Å². The number of halogens is 3. The standard InChI is InChI=1S/C15H11Cl2FN2O2S/c16-9-1-6-13(17)12(7-9)15(22)20-19-14(21)8-23-11-4-2-10(18)3-5-11/h1-7H,8H2,(H,19,21)(H,20,22). The van der Waals surface area contributed by atoms with Crippen molar-refractivity contribution in [1.82, 2.24) is 10.9 Å². The number of rotatable bonds is 4. The quantitative estimate of drug-likeness (QED) is 0.635. The predicted octanol–water partition coefficient (Wildman–Crippen LogP) is 3.69. The van der Waals surface area contributed by atoms with Crippen molar-refractivity contribution in [3.05, 3.63) is 63.9 Å². The van der Waals surface area contributed by atoms with Gasteiger partial charge in [-0.3, -0.25) is 20.4 Å². The highest BCUT2D eigenvalue weighted by Crippen LogP contribution is 2.20. The van der Waals surface area contributed by atoms with Crippen molar-refractivity contribution in [3.63, 3.8) is 0 Å². The van der Waals surface area contributed by atoms with Crippen molar-refractivity contribution in [2.24, 2.45) is 0 Å². The van der Waals surface area contributed by atoms with Crippen LogP contribution in [0.1, 0.15) is 10.4 Å². The molecule has 0 aliphatic carbocycles. The maximum atomic E-state index is 12.8. The Kier molecular flexibility index (Phi) is 6.27. The fourth-order valence-corrected chi connectivity index (χ4v) is 2.66. The number of hydrazine groups is 1. The molecule has 8 heteroatoms. The van der Waals surface area contributed by atoms with Crippen LogP contribution >= 0.6 is 35.0 Å². The molecule has 2 aromatic carbocycles. The molecule has 2 rings (SSSR count). The summed E-state index contributed by atoms with van der Waals surface area (Å²) < 4.78 is 12.8. The first-order valence-corrected chi connectivity index (χ1v) is 8.12. The lowest BCUT2D eigenvalue weighted by Crippen LogP contribution is -2.42. The van der Waals surface area contributed by atoms with Crippen LogP contribution in [0, 0.1) is 5.82 Å². The van der Waals surface area contributed by atoms with Crippen molar-refractivity contribution >= 4 is 46.8 Å². The van der Waals surface area contributed by atoms with Gasteiger partial charge in [-0.2, -0.15) is 0 Å². The second kappa shape index (κ2) is 8.19. The van der Waals surface area contributed by atoms with E-state index < -0.39 is 11.8 Å². The monoisotopic (exact) mass is 372 g/mol. The molecular weight excluding hydrogens is 362 g/mol. The number of thioether (sulfide) groups is 1. The van der Waals surface area contributed by atoms with Gasteiger partial charge in [0.1, 0.15) is 5.82 Å². The molecule has 4 nitrogen and oxygen atoms in total. The van der Waals surface area contributed by atoms with Crippen molar-refractivity contribution in [1.29, 1.82) is 0 Å². The van der Waals surface area contributed by atoms with Crippen LogP contribution in [0.3, 0.4) is 0 Å². The van der Waals surface area contributed by atoms with Gasteiger partial charge in [-0.05, 0) is 42.5 Å². The van der Waals surface area contributed by atoms with Gasteiger partial charge in [0.15, 0.2) is 0 Å². The molecule has 2 N–H and O–H groups in total. The summed E-state index contributed by atoms with van der Waals surface area (Å²) in [6.45, 7) is 0. The van der Waals surface area contributed by atoms with Crippen LogP contribution in [0.4, 0.5) is 4.39 Å². The van der Waals surface area contributed by atoms with Crippen LogP contribution in [-0.2, 0) is 4.79 Å². The van der Waals surface area contributed by atoms with Crippen LogP contribution in [0.2, 0.25) is 10.0 Å². The van der Waals surface area contributed by atoms with Gasteiger partial charge in [-0.25, -0.2) is 4.39 Å². The van der Waals surface area contributed by atoms with E-state index in [1.807, 2.05) is 0 Å². The Morgan fingerprint density at radius 3 is 2.43 bits per heavy atom. The van der Waals surface area contributed by atoms with Crippen LogP contribution < -0.4 is 10.9 Å². The van der Waals surface area contributed by atoms with Gasteiger partial charge >= 0.3 is 0 Å². The number of hydrogen-bond donors (Lipinski definition) is 2. The number of carbonyl (C=O) groups is 2. The van der Waals surface area contributed by atoms with Gasteiger partial charge in [0, 0.05) is 9.92 Å². The molecule has 2 aromatic rings. The first kappa shape index (κ1) is 17.6. The number of carbonyl (C=O) groups excluding carboxylic acids is 2. The first-order valence-electron chi connectivity index (χ1n) is 6.38. The van der Waals surface area contributed by atoms with Crippen molar-refractivity contribution in [2.75, 3.05) is 5.75 Å². The Hall–Kier alpha value is -1.76. The van der Waals surface area contributed by atoms with E-state index in [9.17, 15) is 14.0 Å². The SMILES string of the molecule is O=C(CSc1ccc(F)cc1)NNC(=O)c1cc(Cl)ccc1Cl. The molecule has 2 amide bonds. The predicted molar refractivity (Wildman–Crippen MR) is 89.2 cm³/mol. The largest absolute Gasteiger partial charge is 0.272 e. The Bertz CT molecular complexity index is 726. The zero-order valence-electron chi connectivity index (χ0n) is 11.6.